The molecule has 2 aliphatic carbocycles. The average molecular weight is 747 g/mol. The van der Waals surface area contributed by atoms with Crippen LogP contribution in [0.3, 0.4) is 0 Å². The monoisotopic (exact) mass is 746 g/mol. The zero-order chi connectivity index (χ0) is 37.9. The Labute approximate surface area is 334 Å². The summed E-state index contributed by atoms with van der Waals surface area (Å²) < 4.78 is 7.70. The summed E-state index contributed by atoms with van der Waals surface area (Å²) in [6, 6.07) is 59.6. The predicted molar refractivity (Wildman–Crippen MR) is 243 cm³/mol. The number of fused-ring (bicyclic) bond motifs is 17. The molecule has 270 valence electrons. The summed E-state index contributed by atoms with van der Waals surface area (Å²) in [6.07, 6.45) is 0. The van der Waals surface area contributed by atoms with Crippen LogP contribution in [0.15, 0.2) is 158 Å². The highest BCUT2D eigenvalue weighted by Crippen LogP contribution is 2.52. The fourth-order valence-corrected chi connectivity index (χ4v) is 12.5. The molecule has 0 saturated heterocycles. The van der Waals surface area contributed by atoms with Gasteiger partial charge in [0.25, 0.3) is 0 Å². The zero-order valence-corrected chi connectivity index (χ0v) is 33.1. The zero-order valence-electron chi connectivity index (χ0n) is 32.3. The van der Waals surface area contributed by atoms with Gasteiger partial charge in [0.2, 0.25) is 0 Å². The summed E-state index contributed by atoms with van der Waals surface area (Å²) in [5.41, 5.74) is 18.4. The molecule has 2 nitrogen and oxygen atoms in total. The number of rotatable bonds is 2. The topological polar surface area (TPSA) is 9.86 Å². The van der Waals surface area contributed by atoms with Crippen LogP contribution >= 0.6 is 11.3 Å². The molecule has 0 N–H and O–H groups in total. The molecule has 0 unspecified atom stereocenters. The second kappa shape index (κ2) is 10.7. The molecular formula is C54H38N2S. The molecule has 3 heteroatoms. The quantitative estimate of drug-likeness (QED) is 0.167. The highest BCUT2D eigenvalue weighted by molar-refractivity contribution is 7.27. The van der Waals surface area contributed by atoms with E-state index in [0.717, 1.165) is 0 Å². The molecule has 0 spiro atoms. The largest absolute Gasteiger partial charge is 0.309 e. The molecule has 0 radical (unpaired) electrons. The van der Waals surface area contributed by atoms with Crippen molar-refractivity contribution in [3.63, 3.8) is 0 Å². The van der Waals surface area contributed by atoms with Crippen molar-refractivity contribution in [2.75, 3.05) is 0 Å². The molecule has 3 heterocycles. The third-order valence-corrected chi connectivity index (χ3v) is 15.0. The van der Waals surface area contributed by atoms with Crippen molar-refractivity contribution in [1.82, 2.24) is 9.13 Å². The van der Waals surface area contributed by atoms with Crippen molar-refractivity contribution in [3.05, 3.63) is 180 Å². The van der Waals surface area contributed by atoms with E-state index >= 15 is 0 Å². The van der Waals surface area contributed by atoms with E-state index in [-0.39, 0.29) is 10.8 Å². The Morgan fingerprint density at radius 1 is 0.351 bits per heavy atom. The van der Waals surface area contributed by atoms with E-state index in [2.05, 4.69) is 195 Å². The fourth-order valence-electron chi connectivity index (χ4n) is 11.0. The van der Waals surface area contributed by atoms with Gasteiger partial charge in [-0.15, -0.1) is 11.3 Å². The van der Waals surface area contributed by atoms with Crippen LogP contribution < -0.4 is 0 Å². The summed E-state index contributed by atoms with van der Waals surface area (Å²) in [7, 11) is 0. The number of para-hydroxylation sites is 2. The van der Waals surface area contributed by atoms with Crippen LogP contribution in [0.25, 0.3) is 97.4 Å². The Morgan fingerprint density at radius 2 is 0.754 bits per heavy atom. The summed E-state index contributed by atoms with van der Waals surface area (Å²) in [6.45, 7) is 9.43. The van der Waals surface area contributed by atoms with Gasteiger partial charge in [-0.2, -0.15) is 0 Å². The minimum atomic E-state index is -0.0220. The second-order valence-corrected chi connectivity index (χ2v) is 18.3. The van der Waals surface area contributed by atoms with E-state index in [1.165, 1.54) is 120 Å². The molecule has 0 saturated carbocycles. The Kier molecular flexibility index (Phi) is 5.96. The Balaban J connectivity index is 1.07. The first-order chi connectivity index (χ1) is 27.8. The molecule has 0 atom stereocenters. The van der Waals surface area contributed by atoms with Gasteiger partial charge in [-0.25, -0.2) is 0 Å². The molecule has 0 bridgehead atoms. The van der Waals surface area contributed by atoms with E-state index in [0.29, 0.717) is 0 Å². The Morgan fingerprint density at radius 3 is 1.23 bits per heavy atom. The predicted octanol–water partition coefficient (Wildman–Crippen LogP) is 14.9. The van der Waals surface area contributed by atoms with Gasteiger partial charge in [0.1, 0.15) is 0 Å². The first-order valence-electron chi connectivity index (χ1n) is 20.1. The van der Waals surface area contributed by atoms with Gasteiger partial charge in [-0.3, -0.25) is 0 Å². The number of thiophene rings is 1. The average Bonchev–Trinajstić information content (AvgIpc) is 3.99. The molecule has 11 aromatic rings. The Hall–Kier alpha value is -6.42. The Bertz CT molecular complexity index is 3350. The standard InChI is InChI=1S/C54H38N2S/c1-53(2)41-17-9-5-13-33(41)39-29-31(21-25-43(39)53)55-45-19-11-7-15-37(45)49-47(55)27-23-35-36-24-28-48-50(52(36)57-51(35)49)38-16-8-12-20-46(38)56(48)32-22-26-44-40(30-32)34-14-6-10-18-42(34)54(44,3)4/h5-30H,1-4H3. The minimum absolute atomic E-state index is 0.0220. The number of hydrogen-bond donors (Lipinski definition) is 0. The molecule has 3 aromatic heterocycles. The summed E-state index contributed by atoms with van der Waals surface area (Å²) in [5.74, 6) is 0. The van der Waals surface area contributed by atoms with Gasteiger partial charge < -0.3 is 9.13 Å². The van der Waals surface area contributed by atoms with Gasteiger partial charge in [0.15, 0.2) is 0 Å². The van der Waals surface area contributed by atoms with E-state index in [9.17, 15) is 0 Å². The van der Waals surface area contributed by atoms with E-state index in [1.807, 2.05) is 11.3 Å². The van der Waals surface area contributed by atoms with Crippen LogP contribution in [0.2, 0.25) is 0 Å². The first-order valence-corrected chi connectivity index (χ1v) is 20.9. The van der Waals surface area contributed by atoms with E-state index in [4.69, 9.17) is 0 Å². The minimum Gasteiger partial charge on any atom is -0.309 e. The van der Waals surface area contributed by atoms with Crippen molar-refractivity contribution in [1.29, 1.82) is 0 Å². The summed E-state index contributed by atoms with van der Waals surface area (Å²) in [5, 5.41) is 7.91. The molecular weight excluding hydrogens is 709 g/mol. The fraction of sp³-hybridized carbons (Fsp3) is 0.111. The van der Waals surface area contributed by atoms with Crippen molar-refractivity contribution in [2.24, 2.45) is 0 Å². The van der Waals surface area contributed by atoms with Crippen molar-refractivity contribution >= 4 is 75.1 Å². The van der Waals surface area contributed by atoms with Crippen LogP contribution in [0.4, 0.5) is 0 Å². The van der Waals surface area contributed by atoms with Gasteiger partial charge >= 0.3 is 0 Å². The van der Waals surface area contributed by atoms with Crippen LogP contribution in [0, 0.1) is 0 Å². The van der Waals surface area contributed by atoms with Crippen LogP contribution in [0.1, 0.15) is 49.9 Å². The SMILES string of the molecule is CC1(C)c2ccccc2-c2cc(-n3c4ccccc4c4c5sc6c(ccc7c6c6ccccc6n7-c6ccc7c(c6)-c6ccccc6C7(C)C)c5ccc43)ccc21. The lowest BCUT2D eigenvalue weighted by Crippen LogP contribution is -2.14. The third kappa shape index (κ3) is 3.90. The molecule has 8 aromatic carbocycles. The molecule has 57 heavy (non-hydrogen) atoms. The number of hydrogen-bond acceptors (Lipinski definition) is 1. The van der Waals surface area contributed by atoms with Gasteiger partial charge in [0.05, 0.1) is 22.1 Å². The summed E-state index contributed by atoms with van der Waals surface area (Å²) >= 11 is 1.96. The smallest absolute Gasteiger partial charge is 0.0555 e. The number of aromatic nitrogens is 2. The molecule has 2 aliphatic rings. The van der Waals surface area contributed by atoms with Crippen LogP contribution in [-0.2, 0) is 10.8 Å². The van der Waals surface area contributed by atoms with E-state index < -0.39 is 0 Å². The lowest BCUT2D eigenvalue weighted by atomic mass is 9.82. The van der Waals surface area contributed by atoms with Crippen molar-refractivity contribution in [2.45, 2.75) is 38.5 Å². The first kappa shape index (κ1) is 31.7. The summed E-state index contributed by atoms with van der Waals surface area (Å²) in [4.78, 5) is 0. The van der Waals surface area contributed by atoms with Gasteiger partial charge in [-0.05, 0) is 93.0 Å². The normalized spacial score (nSPS) is 14.9. The van der Waals surface area contributed by atoms with Crippen molar-refractivity contribution < 1.29 is 0 Å². The lowest BCUT2D eigenvalue weighted by Gasteiger charge is -2.21. The van der Waals surface area contributed by atoms with Crippen molar-refractivity contribution in [3.8, 4) is 33.6 Å². The van der Waals surface area contributed by atoms with E-state index in [1.54, 1.807) is 0 Å². The van der Waals surface area contributed by atoms with Gasteiger partial charge in [0, 0.05) is 63.9 Å². The third-order valence-electron chi connectivity index (χ3n) is 13.7. The maximum Gasteiger partial charge on any atom is 0.0555 e. The second-order valence-electron chi connectivity index (χ2n) is 17.3. The molecule has 0 fully saturated rings. The highest BCUT2D eigenvalue weighted by Gasteiger charge is 2.37. The van der Waals surface area contributed by atoms with Gasteiger partial charge in [-0.1, -0.05) is 137 Å². The molecule has 13 rings (SSSR count). The molecule has 0 aliphatic heterocycles. The molecule has 0 amide bonds. The maximum absolute atomic E-state index is 2.50. The van der Waals surface area contributed by atoms with Crippen LogP contribution in [0.5, 0.6) is 0 Å². The lowest BCUT2D eigenvalue weighted by molar-refractivity contribution is 0.660. The maximum atomic E-state index is 2.50. The van der Waals surface area contributed by atoms with Crippen LogP contribution in [-0.4, -0.2) is 9.13 Å². The highest BCUT2D eigenvalue weighted by atomic mass is 32.1. The number of nitrogens with zero attached hydrogens (tertiary/aromatic N) is 2. The number of benzene rings is 8.